The number of carbonyl (C=O) groups is 1. The molecule has 32 heavy (non-hydrogen) atoms. The normalized spacial score (nSPS) is 12.8. The summed E-state index contributed by atoms with van der Waals surface area (Å²) in [5.41, 5.74) is 5.01. The highest BCUT2D eigenvalue weighted by atomic mass is 16.5. The number of nitrogens with one attached hydrogen (secondary N) is 1. The molecule has 0 saturated carbocycles. The van der Waals surface area contributed by atoms with Crippen molar-refractivity contribution >= 4 is 11.7 Å². The van der Waals surface area contributed by atoms with E-state index < -0.39 is 0 Å². The monoisotopic (exact) mass is 429 g/mol. The summed E-state index contributed by atoms with van der Waals surface area (Å²) in [4.78, 5) is 19.1. The third-order valence-corrected chi connectivity index (χ3v) is 5.81. The fourth-order valence-corrected chi connectivity index (χ4v) is 3.97. The van der Waals surface area contributed by atoms with Gasteiger partial charge in [0, 0.05) is 32.3 Å². The fourth-order valence-electron chi connectivity index (χ4n) is 3.97. The largest absolute Gasteiger partial charge is 0.494 e. The first kappa shape index (κ1) is 21.9. The lowest BCUT2D eigenvalue weighted by Crippen LogP contribution is -2.31. The lowest BCUT2D eigenvalue weighted by Gasteiger charge is -2.29. The summed E-state index contributed by atoms with van der Waals surface area (Å²) < 4.78 is 5.73. The molecule has 0 atom stereocenters. The van der Waals surface area contributed by atoms with E-state index in [4.69, 9.17) is 4.74 Å². The minimum Gasteiger partial charge on any atom is -0.494 e. The molecule has 0 bridgehead atoms. The SMILES string of the molecule is Cc1cccc(OCCCCC(=O)NCc2ccc(N3CCc4ccccc4C3)nc2)c1. The molecule has 1 amide bonds. The maximum absolute atomic E-state index is 12.1. The Kier molecular flexibility index (Phi) is 7.38. The number of unbranched alkanes of at least 4 members (excludes halogenated alkanes) is 1. The van der Waals surface area contributed by atoms with Crippen molar-refractivity contribution in [3.8, 4) is 5.75 Å². The first-order valence-corrected chi connectivity index (χ1v) is 11.4. The van der Waals surface area contributed by atoms with E-state index in [9.17, 15) is 4.79 Å². The molecule has 1 N–H and O–H groups in total. The van der Waals surface area contributed by atoms with E-state index >= 15 is 0 Å². The second kappa shape index (κ2) is 10.8. The molecule has 0 spiro atoms. The van der Waals surface area contributed by atoms with Gasteiger partial charge in [-0.15, -0.1) is 0 Å². The Balaban J connectivity index is 1.15. The van der Waals surface area contributed by atoms with E-state index in [0.29, 0.717) is 19.6 Å². The third kappa shape index (κ3) is 6.10. The number of anilines is 1. The van der Waals surface area contributed by atoms with Gasteiger partial charge in [0.2, 0.25) is 5.91 Å². The number of nitrogens with zero attached hydrogens (tertiary/aromatic N) is 2. The molecule has 0 saturated heterocycles. The van der Waals surface area contributed by atoms with Gasteiger partial charge in [-0.2, -0.15) is 0 Å². The number of aromatic nitrogens is 1. The van der Waals surface area contributed by atoms with Crippen LogP contribution in [0.5, 0.6) is 5.75 Å². The number of aryl methyl sites for hydroxylation is 1. The van der Waals surface area contributed by atoms with Crippen LogP contribution in [0.2, 0.25) is 0 Å². The van der Waals surface area contributed by atoms with Crippen LogP contribution in [0.15, 0.2) is 66.9 Å². The van der Waals surface area contributed by atoms with E-state index in [0.717, 1.165) is 49.5 Å². The number of rotatable bonds is 9. The summed E-state index contributed by atoms with van der Waals surface area (Å²) >= 11 is 0. The lowest BCUT2D eigenvalue weighted by molar-refractivity contribution is -0.121. The number of carbonyl (C=O) groups excluding carboxylic acids is 1. The number of pyridine rings is 1. The number of ether oxygens (including phenoxy) is 1. The summed E-state index contributed by atoms with van der Waals surface area (Å²) in [5, 5.41) is 2.99. The van der Waals surface area contributed by atoms with Crippen LogP contribution < -0.4 is 15.0 Å². The number of amides is 1. The van der Waals surface area contributed by atoms with E-state index in [2.05, 4.69) is 51.6 Å². The van der Waals surface area contributed by atoms with Gasteiger partial charge in [-0.25, -0.2) is 4.98 Å². The van der Waals surface area contributed by atoms with Gasteiger partial charge in [-0.3, -0.25) is 4.79 Å². The van der Waals surface area contributed by atoms with Crippen molar-refractivity contribution in [1.82, 2.24) is 10.3 Å². The Morgan fingerprint density at radius 3 is 2.75 bits per heavy atom. The highest BCUT2D eigenvalue weighted by Crippen LogP contribution is 2.23. The molecule has 0 unspecified atom stereocenters. The summed E-state index contributed by atoms with van der Waals surface area (Å²) in [6, 6.07) is 20.7. The van der Waals surface area contributed by atoms with Crippen LogP contribution in [0.1, 0.15) is 41.5 Å². The van der Waals surface area contributed by atoms with Crippen LogP contribution in [-0.4, -0.2) is 24.0 Å². The maximum Gasteiger partial charge on any atom is 0.220 e. The van der Waals surface area contributed by atoms with Gasteiger partial charge in [-0.1, -0.05) is 42.5 Å². The average molecular weight is 430 g/mol. The van der Waals surface area contributed by atoms with Crippen molar-refractivity contribution in [3.05, 3.63) is 89.1 Å². The molecule has 4 rings (SSSR count). The first-order valence-electron chi connectivity index (χ1n) is 11.4. The van der Waals surface area contributed by atoms with Crippen molar-refractivity contribution in [2.45, 2.75) is 45.7 Å². The van der Waals surface area contributed by atoms with E-state index in [-0.39, 0.29) is 5.91 Å². The van der Waals surface area contributed by atoms with Crippen molar-refractivity contribution < 1.29 is 9.53 Å². The van der Waals surface area contributed by atoms with Crippen LogP contribution in [-0.2, 0) is 24.3 Å². The molecule has 0 aliphatic carbocycles. The minimum atomic E-state index is 0.0669. The number of hydrogen-bond acceptors (Lipinski definition) is 4. The van der Waals surface area contributed by atoms with Crippen molar-refractivity contribution in [2.24, 2.45) is 0 Å². The number of hydrogen-bond donors (Lipinski definition) is 1. The molecule has 2 heterocycles. The van der Waals surface area contributed by atoms with Crippen LogP contribution in [0.3, 0.4) is 0 Å². The zero-order valence-corrected chi connectivity index (χ0v) is 18.7. The van der Waals surface area contributed by atoms with Gasteiger partial charge in [0.05, 0.1) is 6.61 Å². The van der Waals surface area contributed by atoms with Crippen molar-refractivity contribution in [1.29, 1.82) is 0 Å². The summed E-state index contributed by atoms with van der Waals surface area (Å²) in [6.07, 6.45) is 5.09. The molecule has 5 nitrogen and oxygen atoms in total. The van der Waals surface area contributed by atoms with Gasteiger partial charge in [0.15, 0.2) is 0 Å². The van der Waals surface area contributed by atoms with Gasteiger partial charge in [0.1, 0.15) is 11.6 Å². The number of benzene rings is 2. The summed E-state index contributed by atoms with van der Waals surface area (Å²) in [5.74, 6) is 1.94. The Morgan fingerprint density at radius 2 is 1.94 bits per heavy atom. The summed E-state index contributed by atoms with van der Waals surface area (Å²) in [7, 11) is 0. The molecule has 5 heteroatoms. The first-order chi connectivity index (χ1) is 15.7. The second-order valence-corrected chi connectivity index (χ2v) is 8.36. The summed E-state index contributed by atoms with van der Waals surface area (Å²) in [6.45, 7) is 5.06. The predicted molar refractivity (Wildman–Crippen MR) is 128 cm³/mol. The van der Waals surface area contributed by atoms with E-state index in [1.54, 1.807) is 0 Å². The van der Waals surface area contributed by atoms with Crippen LogP contribution >= 0.6 is 0 Å². The molecule has 166 valence electrons. The van der Waals surface area contributed by atoms with Crippen molar-refractivity contribution in [2.75, 3.05) is 18.1 Å². The molecular weight excluding hydrogens is 398 g/mol. The minimum absolute atomic E-state index is 0.0669. The smallest absolute Gasteiger partial charge is 0.220 e. The average Bonchev–Trinajstić information content (AvgIpc) is 2.82. The highest BCUT2D eigenvalue weighted by Gasteiger charge is 2.16. The molecule has 1 aliphatic rings. The van der Waals surface area contributed by atoms with Gasteiger partial charge in [-0.05, 0) is 66.6 Å². The third-order valence-electron chi connectivity index (χ3n) is 5.81. The molecule has 3 aromatic rings. The molecule has 1 aliphatic heterocycles. The Bertz CT molecular complexity index is 1030. The Labute approximate surface area is 190 Å². The predicted octanol–water partition coefficient (Wildman–Crippen LogP) is 4.82. The topological polar surface area (TPSA) is 54.5 Å². The van der Waals surface area contributed by atoms with E-state index in [1.165, 1.54) is 16.7 Å². The van der Waals surface area contributed by atoms with E-state index in [1.807, 2.05) is 37.4 Å². The Morgan fingerprint density at radius 1 is 1.06 bits per heavy atom. The van der Waals surface area contributed by atoms with Crippen LogP contribution in [0.25, 0.3) is 0 Å². The second-order valence-electron chi connectivity index (χ2n) is 8.36. The fraction of sp³-hybridized carbons (Fsp3) is 0.333. The maximum atomic E-state index is 12.1. The molecule has 0 radical (unpaired) electrons. The molecular formula is C27H31N3O2. The Hall–Kier alpha value is -3.34. The lowest BCUT2D eigenvalue weighted by atomic mass is 10.00. The highest BCUT2D eigenvalue weighted by molar-refractivity contribution is 5.75. The van der Waals surface area contributed by atoms with Crippen molar-refractivity contribution in [3.63, 3.8) is 0 Å². The zero-order valence-electron chi connectivity index (χ0n) is 18.7. The number of fused-ring (bicyclic) bond motifs is 1. The zero-order chi connectivity index (χ0) is 22.2. The molecule has 0 fully saturated rings. The van der Waals surface area contributed by atoms with Gasteiger partial charge in [0.25, 0.3) is 0 Å². The quantitative estimate of drug-likeness (QED) is 0.496. The standard InChI is InChI=1S/C27H31N3O2/c1-21-7-6-10-25(17-21)32-16-5-4-11-27(31)29-19-22-12-13-26(28-18-22)30-15-14-23-8-2-3-9-24(23)20-30/h2-3,6-10,12-13,17-18H,4-5,11,14-16,19-20H2,1H3,(H,29,31). The van der Waals surface area contributed by atoms with Crippen LogP contribution in [0.4, 0.5) is 5.82 Å². The van der Waals surface area contributed by atoms with Crippen LogP contribution in [0, 0.1) is 6.92 Å². The molecule has 2 aromatic carbocycles. The molecule has 1 aromatic heterocycles. The van der Waals surface area contributed by atoms with Gasteiger partial charge < -0.3 is 15.0 Å². The van der Waals surface area contributed by atoms with Gasteiger partial charge >= 0.3 is 0 Å².